The van der Waals surface area contributed by atoms with Crippen molar-refractivity contribution >= 4 is 37.6 Å². The summed E-state index contributed by atoms with van der Waals surface area (Å²) in [6, 6.07) is 4.72. The minimum atomic E-state index is -3.39. The second kappa shape index (κ2) is 4.82. The minimum Gasteiger partial charge on any atom is -0.207 e. The van der Waals surface area contributed by atoms with Crippen LogP contribution in [-0.4, -0.2) is 26.8 Å². The van der Waals surface area contributed by atoms with Crippen LogP contribution in [0.15, 0.2) is 23.1 Å². The molecule has 0 heterocycles. The highest BCUT2D eigenvalue weighted by atomic mass is 79.9. The number of hydrogen-bond acceptors (Lipinski definition) is 2. The van der Waals surface area contributed by atoms with E-state index in [2.05, 4.69) is 15.9 Å². The van der Waals surface area contributed by atoms with Gasteiger partial charge in [0.2, 0.25) is 10.0 Å². The van der Waals surface area contributed by atoms with Crippen LogP contribution in [0.3, 0.4) is 0 Å². The topological polar surface area (TPSA) is 37.4 Å². The number of rotatable bonds is 3. The molecule has 0 radical (unpaired) electrons. The van der Waals surface area contributed by atoms with Gasteiger partial charge in [-0.15, -0.1) is 0 Å². The van der Waals surface area contributed by atoms with Crippen molar-refractivity contribution < 1.29 is 8.42 Å². The molecular formula is C9H11BrClNO2S. The molecule has 0 saturated carbocycles. The van der Waals surface area contributed by atoms with Gasteiger partial charge in [0.15, 0.2) is 0 Å². The Labute approximate surface area is 103 Å². The Morgan fingerprint density at radius 3 is 2.40 bits per heavy atom. The van der Waals surface area contributed by atoms with E-state index in [0.29, 0.717) is 10.4 Å². The number of nitrogens with zero attached hydrogens (tertiary/aromatic N) is 1. The van der Waals surface area contributed by atoms with Crippen LogP contribution in [-0.2, 0) is 15.4 Å². The molecule has 84 valence electrons. The Morgan fingerprint density at radius 1 is 1.40 bits per heavy atom. The van der Waals surface area contributed by atoms with Gasteiger partial charge in [0, 0.05) is 24.4 Å². The summed E-state index contributed by atoms with van der Waals surface area (Å²) in [5.41, 5.74) is 0.870. The number of hydrogen-bond donors (Lipinski definition) is 0. The van der Waals surface area contributed by atoms with E-state index >= 15 is 0 Å². The largest absolute Gasteiger partial charge is 0.242 e. The molecule has 6 heteroatoms. The lowest BCUT2D eigenvalue weighted by atomic mass is 10.2. The maximum Gasteiger partial charge on any atom is 0.242 e. The molecule has 0 spiro atoms. The fraction of sp³-hybridized carbons (Fsp3) is 0.333. The summed E-state index contributed by atoms with van der Waals surface area (Å²) in [6.07, 6.45) is 0. The number of benzene rings is 1. The summed E-state index contributed by atoms with van der Waals surface area (Å²) in [4.78, 5) is 0.210. The monoisotopic (exact) mass is 311 g/mol. The Kier molecular flexibility index (Phi) is 4.17. The van der Waals surface area contributed by atoms with Crippen LogP contribution in [0, 0.1) is 0 Å². The van der Waals surface area contributed by atoms with Crippen molar-refractivity contribution in [1.29, 1.82) is 0 Å². The van der Waals surface area contributed by atoms with Gasteiger partial charge >= 0.3 is 0 Å². The van der Waals surface area contributed by atoms with E-state index in [1.54, 1.807) is 12.1 Å². The maximum absolute atomic E-state index is 11.7. The molecule has 0 fully saturated rings. The third-order valence-corrected chi connectivity index (χ3v) is 4.71. The molecule has 1 rings (SSSR count). The predicted octanol–water partition coefficient (Wildman–Crippen LogP) is 2.49. The Hall–Kier alpha value is -0.100. The van der Waals surface area contributed by atoms with Gasteiger partial charge in [-0.3, -0.25) is 0 Å². The Balaban J connectivity index is 3.25. The molecule has 0 amide bonds. The second-order valence-electron chi connectivity index (χ2n) is 3.17. The fourth-order valence-electron chi connectivity index (χ4n) is 1.01. The van der Waals surface area contributed by atoms with E-state index in [-0.39, 0.29) is 4.90 Å². The second-order valence-corrected chi connectivity index (χ2v) is 6.29. The quantitative estimate of drug-likeness (QED) is 0.804. The molecule has 15 heavy (non-hydrogen) atoms. The summed E-state index contributed by atoms with van der Waals surface area (Å²) in [6.45, 7) is 0. The van der Waals surface area contributed by atoms with Gasteiger partial charge < -0.3 is 0 Å². The average molecular weight is 313 g/mol. The molecule has 0 bridgehead atoms. The normalized spacial score (nSPS) is 12.1. The van der Waals surface area contributed by atoms with Gasteiger partial charge in [-0.05, 0) is 17.7 Å². The molecule has 1 aromatic rings. The Bertz CT molecular complexity index is 459. The van der Waals surface area contributed by atoms with Crippen LogP contribution in [0.5, 0.6) is 0 Å². The summed E-state index contributed by atoms with van der Waals surface area (Å²) >= 11 is 9.20. The van der Waals surface area contributed by atoms with Crippen LogP contribution in [0.4, 0.5) is 0 Å². The highest BCUT2D eigenvalue weighted by Crippen LogP contribution is 2.23. The average Bonchev–Trinajstić information content (AvgIpc) is 2.17. The molecule has 3 nitrogen and oxygen atoms in total. The standard InChI is InChI=1S/C9H11BrClNO2S/c1-12(2)15(13,14)8-4-3-7(6-10)9(11)5-8/h3-5H,6H2,1-2H3. The summed E-state index contributed by atoms with van der Waals surface area (Å²) in [5.74, 6) is 0. The third kappa shape index (κ3) is 2.72. The first kappa shape index (κ1) is 13.0. The number of sulfonamides is 1. The predicted molar refractivity (Wildman–Crippen MR) is 65.0 cm³/mol. The molecule has 1 aromatic carbocycles. The van der Waals surface area contributed by atoms with Crippen molar-refractivity contribution in [2.75, 3.05) is 14.1 Å². The van der Waals surface area contributed by atoms with Crippen molar-refractivity contribution in [2.45, 2.75) is 10.2 Å². The first-order valence-electron chi connectivity index (χ1n) is 4.16. The molecule has 0 N–H and O–H groups in total. The highest BCUT2D eigenvalue weighted by molar-refractivity contribution is 9.08. The zero-order valence-electron chi connectivity index (χ0n) is 8.37. The van der Waals surface area contributed by atoms with Crippen LogP contribution >= 0.6 is 27.5 Å². The van der Waals surface area contributed by atoms with Crippen molar-refractivity contribution in [3.05, 3.63) is 28.8 Å². The lowest BCUT2D eigenvalue weighted by Crippen LogP contribution is -2.22. The SMILES string of the molecule is CN(C)S(=O)(=O)c1ccc(CBr)c(Cl)c1. The zero-order chi connectivity index (χ0) is 11.6. The van der Waals surface area contributed by atoms with E-state index < -0.39 is 10.0 Å². The van der Waals surface area contributed by atoms with Crippen LogP contribution < -0.4 is 0 Å². The lowest BCUT2D eigenvalue weighted by Gasteiger charge is -2.12. The molecule has 0 atom stereocenters. The van der Waals surface area contributed by atoms with Crippen LogP contribution in [0.2, 0.25) is 5.02 Å². The van der Waals surface area contributed by atoms with Crippen molar-refractivity contribution in [3.8, 4) is 0 Å². The van der Waals surface area contributed by atoms with Gasteiger partial charge in [-0.25, -0.2) is 12.7 Å². The van der Waals surface area contributed by atoms with Gasteiger partial charge in [-0.1, -0.05) is 33.6 Å². The van der Waals surface area contributed by atoms with Crippen LogP contribution in [0.25, 0.3) is 0 Å². The summed E-state index contributed by atoms with van der Waals surface area (Å²) in [7, 11) is -0.415. The van der Waals surface area contributed by atoms with Gasteiger partial charge in [0.05, 0.1) is 4.90 Å². The summed E-state index contributed by atoms with van der Waals surface area (Å²) < 4.78 is 24.6. The van der Waals surface area contributed by atoms with E-state index in [0.717, 1.165) is 9.87 Å². The molecule has 0 aliphatic heterocycles. The third-order valence-electron chi connectivity index (χ3n) is 1.95. The molecule has 0 unspecified atom stereocenters. The fourth-order valence-corrected chi connectivity index (χ4v) is 2.90. The molecule has 0 aromatic heterocycles. The van der Waals surface area contributed by atoms with E-state index in [9.17, 15) is 8.42 Å². The lowest BCUT2D eigenvalue weighted by molar-refractivity contribution is 0.521. The Morgan fingerprint density at radius 2 is 2.00 bits per heavy atom. The highest BCUT2D eigenvalue weighted by Gasteiger charge is 2.17. The summed E-state index contributed by atoms with van der Waals surface area (Å²) in [5, 5.41) is 1.06. The van der Waals surface area contributed by atoms with Gasteiger partial charge in [0.25, 0.3) is 0 Å². The molecule has 0 aliphatic rings. The maximum atomic E-state index is 11.7. The van der Waals surface area contributed by atoms with Crippen molar-refractivity contribution in [2.24, 2.45) is 0 Å². The van der Waals surface area contributed by atoms with Crippen molar-refractivity contribution in [3.63, 3.8) is 0 Å². The molecular weight excluding hydrogens is 302 g/mol. The molecule has 0 aliphatic carbocycles. The number of halogens is 2. The zero-order valence-corrected chi connectivity index (χ0v) is 11.5. The smallest absolute Gasteiger partial charge is 0.207 e. The van der Waals surface area contributed by atoms with Crippen LogP contribution in [0.1, 0.15) is 5.56 Å². The minimum absolute atomic E-state index is 0.210. The number of alkyl halides is 1. The van der Waals surface area contributed by atoms with E-state index in [1.807, 2.05) is 0 Å². The van der Waals surface area contributed by atoms with E-state index in [1.165, 1.54) is 20.2 Å². The van der Waals surface area contributed by atoms with Gasteiger partial charge in [-0.2, -0.15) is 0 Å². The molecule has 0 saturated heterocycles. The van der Waals surface area contributed by atoms with Gasteiger partial charge in [0.1, 0.15) is 0 Å². The van der Waals surface area contributed by atoms with Crippen molar-refractivity contribution in [1.82, 2.24) is 4.31 Å². The first-order valence-corrected chi connectivity index (χ1v) is 7.10. The first-order chi connectivity index (χ1) is 6.89. The van der Waals surface area contributed by atoms with E-state index in [4.69, 9.17) is 11.6 Å².